The normalized spacial score (nSPS) is 29.3. The Balaban J connectivity index is 0.00000225. The number of hydrogen-bond donors (Lipinski definition) is 1. The molecule has 1 aromatic heterocycles. The molecule has 0 amide bonds. The minimum atomic E-state index is 0. The van der Waals surface area contributed by atoms with Crippen LogP contribution in [0.5, 0.6) is 0 Å². The van der Waals surface area contributed by atoms with Crippen molar-refractivity contribution in [1.82, 2.24) is 20.0 Å². The molecule has 0 spiro atoms. The van der Waals surface area contributed by atoms with Crippen LogP contribution < -0.4 is 5.32 Å². The van der Waals surface area contributed by atoms with Crippen LogP contribution in [-0.4, -0.2) is 80.1 Å². The van der Waals surface area contributed by atoms with Gasteiger partial charge in [0.25, 0.3) is 0 Å². The molecule has 4 rings (SSSR count). The van der Waals surface area contributed by atoms with Gasteiger partial charge in [0.1, 0.15) is 0 Å². The number of likely N-dealkylation sites (tertiary alicyclic amines) is 2. The molecule has 0 aliphatic carbocycles. The lowest BCUT2D eigenvalue weighted by Gasteiger charge is -2.39. The minimum absolute atomic E-state index is 0. The van der Waals surface area contributed by atoms with E-state index < -0.39 is 0 Å². The number of aliphatic imine (C=N–C) groups is 1. The van der Waals surface area contributed by atoms with E-state index in [2.05, 4.69) is 61.7 Å². The Bertz CT molecular complexity index is 654. The lowest BCUT2D eigenvalue weighted by molar-refractivity contribution is 0.124. The van der Waals surface area contributed by atoms with Crippen LogP contribution in [0, 0.1) is 5.92 Å². The van der Waals surface area contributed by atoms with E-state index in [1.165, 1.54) is 30.7 Å². The summed E-state index contributed by atoms with van der Waals surface area (Å²) in [6, 6.07) is 5.68. The molecule has 156 valence electrons. The molecule has 28 heavy (non-hydrogen) atoms. The molecule has 4 heterocycles. The first-order valence-corrected chi connectivity index (χ1v) is 11.2. The number of nitrogens with one attached hydrogen (secondary N) is 1. The number of thiophene rings is 1. The van der Waals surface area contributed by atoms with Gasteiger partial charge in [0.2, 0.25) is 0 Å². The van der Waals surface area contributed by atoms with Gasteiger partial charge in [-0.15, -0.1) is 35.3 Å². The van der Waals surface area contributed by atoms with Crippen LogP contribution in [0.25, 0.3) is 0 Å². The Labute approximate surface area is 190 Å². The monoisotopic (exact) mass is 515 g/mol. The maximum absolute atomic E-state index is 4.61. The predicted octanol–water partition coefficient (Wildman–Crippen LogP) is 3.27. The van der Waals surface area contributed by atoms with E-state index in [4.69, 9.17) is 0 Å². The Hall–Kier alpha value is -0.640. The minimum Gasteiger partial charge on any atom is -0.356 e. The molecular weight excluding hydrogens is 481 g/mol. The smallest absolute Gasteiger partial charge is 0.193 e. The molecule has 0 bridgehead atoms. The summed E-state index contributed by atoms with van der Waals surface area (Å²) in [6.07, 6.45) is 8.41. The second-order valence-electron chi connectivity index (χ2n) is 8.09. The fraction of sp³-hybridized carbons (Fsp3) is 0.667. The van der Waals surface area contributed by atoms with Crippen LogP contribution in [-0.2, 0) is 0 Å². The molecule has 1 aromatic rings. The van der Waals surface area contributed by atoms with Crippen LogP contribution in [0.2, 0.25) is 0 Å². The predicted molar refractivity (Wildman–Crippen MR) is 130 cm³/mol. The quantitative estimate of drug-likeness (QED) is 0.289. The molecule has 0 saturated carbocycles. The van der Waals surface area contributed by atoms with E-state index in [1.807, 2.05) is 18.4 Å². The van der Waals surface area contributed by atoms with E-state index in [-0.39, 0.29) is 24.0 Å². The van der Waals surface area contributed by atoms with Gasteiger partial charge in [0, 0.05) is 56.7 Å². The number of rotatable bonds is 4. The molecule has 3 unspecified atom stereocenters. The van der Waals surface area contributed by atoms with Gasteiger partial charge < -0.3 is 10.2 Å². The molecule has 0 radical (unpaired) electrons. The van der Waals surface area contributed by atoms with Crippen molar-refractivity contribution < 1.29 is 0 Å². The summed E-state index contributed by atoms with van der Waals surface area (Å²) in [5.74, 6) is 1.73. The third-order valence-electron chi connectivity index (χ3n) is 6.40. The number of piperidine rings is 1. The maximum atomic E-state index is 4.61. The summed E-state index contributed by atoms with van der Waals surface area (Å²) in [5.41, 5.74) is 0. The molecular formula is C21H34IN5S. The average molecular weight is 516 g/mol. The van der Waals surface area contributed by atoms with Gasteiger partial charge in [0.05, 0.1) is 0 Å². The van der Waals surface area contributed by atoms with Crippen molar-refractivity contribution in [3.8, 4) is 0 Å². The van der Waals surface area contributed by atoms with Gasteiger partial charge in [-0.3, -0.25) is 14.8 Å². The first-order valence-electron chi connectivity index (χ1n) is 10.3. The lowest BCUT2D eigenvalue weighted by Crippen LogP contribution is -2.46. The highest BCUT2D eigenvalue weighted by Gasteiger charge is 2.33. The highest BCUT2D eigenvalue weighted by Crippen LogP contribution is 2.36. The Morgan fingerprint density at radius 2 is 2.07 bits per heavy atom. The second-order valence-corrected chi connectivity index (χ2v) is 9.06. The summed E-state index contributed by atoms with van der Waals surface area (Å²) in [6.45, 7) is 6.64. The standard InChI is InChI=1S/C21H33N5S.HI/c1-22-21(26-13-9-18(16-26)25-11-3-4-12-25)23-15-17-7-5-10-24(2)20(17)19-8-6-14-27-19;/h3-4,6,8,14,17-18,20H,5,7,9-13,15-16H2,1-2H3,(H,22,23);1H. The Morgan fingerprint density at radius 3 is 2.79 bits per heavy atom. The van der Waals surface area contributed by atoms with Gasteiger partial charge >= 0.3 is 0 Å². The van der Waals surface area contributed by atoms with Gasteiger partial charge in [-0.2, -0.15) is 0 Å². The van der Waals surface area contributed by atoms with Crippen LogP contribution in [0.3, 0.4) is 0 Å². The Kier molecular flexibility index (Phi) is 8.20. The molecule has 3 aliphatic heterocycles. The molecule has 2 fully saturated rings. The largest absolute Gasteiger partial charge is 0.356 e. The van der Waals surface area contributed by atoms with Crippen molar-refractivity contribution in [3.05, 3.63) is 34.5 Å². The molecule has 3 aliphatic rings. The summed E-state index contributed by atoms with van der Waals surface area (Å²) in [7, 11) is 4.21. The summed E-state index contributed by atoms with van der Waals surface area (Å²) in [4.78, 5) is 13.7. The van der Waals surface area contributed by atoms with Crippen molar-refractivity contribution in [2.75, 3.05) is 53.4 Å². The molecule has 2 saturated heterocycles. The van der Waals surface area contributed by atoms with E-state index in [0.29, 0.717) is 18.0 Å². The van der Waals surface area contributed by atoms with E-state index in [9.17, 15) is 0 Å². The number of nitrogens with zero attached hydrogens (tertiary/aromatic N) is 4. The van der Waals surface area contributed by atoms with Crippen molar-refractivity contribution in [3.63, 3.8) is 0 Å². The molecule has 5 nitrogen and oxygen atoms in total. The third kappa shape index (κ3) is 4.91. The zero-order chi connectivity index (χ0) is 18.6. The zero-order valence-corrected chi connectivity index (χ0v) is 20.2. The van der Waals surface area contributed by atoms with Crippen LogP contribution >= 0.6 is 35.3 Å². The number of halogens is 1. The third-order valence-corrected chi connectivity index (χ3v) is 7.34. The number of guanidine groups is 1. The molecule has 0 aromatic carbocycles. The second kappa shape index (κ2) is 10.4. The van der Waals surface area contributed by atoms with Crippen molar-refractivity contribution >= 4 is 41.3 Å². The summed E-state index contributed by atoms with van der Waals surface area (Å²) < 4.78 is 0. The highest BCUT2D eigenvalue weighted by atomic mass is 127. The SMILES string of the molecule is CN=C(NCC1CCCN(C)C1c1cccs1)N1CCC(N2CC=CC2)C1.I. The fourth-order valence-electron chi connectivity index (χ4n) is 4.96. The van der Waals surface area contributed by atoms with Crippen LogP contribution in [0.1, 0.15) is 30.2 Å². The Morgan fingerprint density at radius 1 is 1.25 bits per heavy atom. The first kappa shape index (κ1) is 22.1. The van der Waals surface area contributed by atoms with Crippen molar-refractivity contribution in [1.29, 1.82) is 0 Å². The van der Waals surface area contributed by atoms with Crippen molar-refractivity contribution in [2.45, 2.75) is 31.3 Å². The highest BCUT2D eigenvalue weighted by molar-refractivity contribution is 14.0. The van der Waals surface area contributed by atoms with E-state index >= 15 is 0 Å². The van der Waals surface area contributed by atoms with E-state index in [0.717, 1.165) is 38.7 Å². The maximum Gasteiger partial charge on any atom is 0.193 e. The first-order chi connectivity index (χ1) is 13.3. The molecule has 1 N–H and O–H groups in total. The molecule has 3 atom stereocenters. The fourth-order valence-corrected chi connectivity index (χ4v) is 5.95. The van der Waals surface area contributed by atoms with Gasteiger partial charge in [0.15, 0.2) is 5.96 Å². The zero-order valence-electron chi connectivity index (χ0n) is 17.1. The summed E-state index contributed by atoms with van der Waals surface area (Å²) in [5, 5.41) is 5.93. The summed E-state index contributed by atoms with van der Waals surface area (Å²) >= 11 is 1.90. The van der Waals surface area contributed by atoms with E-state index in [1.54, 1.807) is 0 Å². The van der Waals surface area contributed by atoms with Gasteiger partial charge in [-0.05, 0) is 50.2 Å². The van der Waals surface area contributed by atoms with Crippen LogP contribution in [0.4, 0.5) is 0 Å². The van der Waals surface area contributed by atoms with Gasteiger partial charge in [-0.25, -0.2) is 0 Å². The van der Waals surface area contributed by atoms with Gasteiger partial charge in [-0.1, -0.05) is 18.2 Å². The van der Waals surface area contributed by atoms with Crippen molar-refractivity contribution in [2.24, 2.45) is 10.9 Å². The average Bonchev–Trinajstić information content (AvgIpc) is 3.43. The van der Waals surface area contributed by atoms with Crippen LogP contribution in [0.15, 0.2) is 34.7 Å². The lowest BCUT2D eigenvalue weighted by atomic mass is 9.88. The topological polar surface area (TPSA) is 34.1 Å². The molecule has 7 heteroatoms. The number of hydrogen-bond acceptors (Lipinski definition) is 4.